The lowest BCUT2D eigenvalue weighted by molar-refractivity contribution is -0.118. The van der Waals surface area contributed by atoms with Gasteiger partial charge in [-0.1, -0.05) is 47.9 Å². The van der Waals surface area contributed by atoms with Gasteiger partial charge in [0.1, 0.15) is 0 Å². The third-order valence-electron chi connectivity index (χ3n) is 3.18. The van der Waals surface area contributed by atoms with Crippen LogP contribution in [0.4, 0.5) is 0 Å². The second kappa shape index (κ2) is 8.11. The van der Waals surface area contributed by atoms with E-state index >= 15 is 0 Å². The first-order valence-corrected chi connectivity index (χ1v) is 8.69. The molecule has 1 aromatic carbocycles. The van der Waals surface area contributed by atoms with Gasteiger partial charge in [-0.3, -0.25) is 4.79 Å². The molecule has 2 aromatic rings. The third kappa shape index (κ3) is 4.10. The lowest BCUT2D eigenvalue weighted by atomic mass is 10.2. The highest BCUT2D eigenvalue weighted by Crippen LogP contribution is 2.29. The zero-order valence-electron chi connectivity index (χ0n) is 12.6. The molecule has 0 aliphatic rings. The van der Waals surface area contributed by atoms with Crippen molar-refractivity contribution in [2.45, 2.75) is 32.7 Å². The van der Waals surface area contributed by atoms with Crippen LogP contribution in [0, 0.1) is 0 Å². The highest BCUT2D eigenvalue weighted by atomic mass is 35.5. The van der Waals surface area contributed by atoms with Crippen molar-refractivity contribution < 1.29 is 9.53 Å². The fraction of sp³-hybridized carbons (Fsp3) is 0.467. The molecule has 1 amide bonds. The Morgan fingerprint density at radius 3 is 2.86 bits per heavy atom. The minimum Gasteiger partial charge on any atom is -0.383 e. The van der Waals surface area contributed by atoms with Crippen molar-refractivity contribution >= 4 is 50.7 Å². The molecule has 1 aromatic heterocycles. The van der Waals surface area contributed by atoms with E-state index in [0.717, 1.165) is 23.1 Å². The Balaban J connectivity index is 2.54. The van der Waals surface area contributed by atoms with Gasteiger partial charge in [0.05, 0.1) is 21.8 Å². The number of carbonyl (C=O) groups excluding carboxylic acids is 1. The van der Waals surface area contributed by atoms with Gasteiger partial charge in [-0.25, -0.2) is 0 Å². The highest BCUT2D eigenvalue weighted by molar-refractivity contribution is 7.16. The summed E-state index contributed by atoms with van der Waals surface area (Å²) in [6.45, 7) is 3.14. The number of halogens is 2. The molecule has 1 heterocycles. The fourth-order valence-electron chi connectivity index (χ4n) is 2.09. The minimum absolute atomic E-state index is 0.109. The number of benzene rings is 1. The number of fused-ring (bicyclic) bond motifs is 1. The van der Waals surface area contributed by atoms with E-state index in [-0.39, 0.29) is 5.91 Å². The molecular formula is C15H18Cl2N2O2S. The Bertz CT molecular complexity index is 737. The van der Waals surface area contributed by atoms with Crippen LogP contribution in [-0.4, -0.2) is 24.2 Å². The van der Waals surface area contributed by atoms with Crippen LogP contribution < -0.4 is 4.80 Å². The molecule has 2 rings (SSSR count). The van der Waals surface area contributed by atoms with Crippen LogP contribution in [0.2, 0.25) is 10.0 Å². The van der Waals surface area contributed by atoms with Gasteiger partial charge in [0.25, 0.3) is 0 Å². The number of rotatable bonds is 6. The maximum Gasteiger partial charge on any atom is 0.248 e. The zero-order valence-corrected chi connectivity index (χ0v) is 14.9. The topological polar surface area (TPSA) is 43.6 Å². The Morgan fingerprint density at radius 2 is 2.18 bits per heavy atom. The molecule has 0 radical (unpaired) electrons. The number of hydrogen-bond donors (Lipinski definition) is 0. The Labute approximate surface area is 143 Å². The number of hydrogen-bond acceptors (Lipinski definition) is 3. The van der Waals surface area contributed by atoms with Gasteiger partial charge in [-0.2, -0.15) is 4.99 Å². The quantitative estimate of drug-likeness (QED) is 0.771. The monoisotopic (exact) mass is 360 g/mol. The van der Waals surface area contributed by atoms with Gasteiger partial charge < -0.3 is 9.30 Å². The number of nitrogens with zero attached hydrogens (tertiary/aromatic N) is 2. The predicted octanol–water partition coefficient (Wildman–Crippen LogP) is 4.27. The summed E-state index contributed by atoms with van der Waals surface area (Å²) < 4.78 is 7.98. The third-order valence-corrected chi connectivity index (χ3v) is 4.71. The van der Waals surface area contributed by atoms with Crippen LogP contribution in [0.3, 0.4) is 0 Å². The first kappa shape index (κ1) is 17.5. The van der Waals surface area contributed by atoms with Gasteiger partial charge >= 0.3 is 0 Å². The summed E-state index contributed by atoms with van der Waals surface area (Å²) in [6.07, 6.45) is 2.28. The average molecular weight is 361 g/mol. The fourth-order valence-corrected chi connectivity index (χ4v) is 3.95. The number of aromatic nitrogens is 1. The lowest BCUT2D eigenvalue weighted by Gasteiger charge is -2.05. The minimum atomic E-state index is -0.109. The molecule has 0 unspecified atom stereocenters. The molecule has 0 aliphatic carbocycles. The number of thiazole rings is 1. The Hall–Kier alpha value is -0.880. The van der Waals surface area contributed by atoms with Crippen LogP contribution in [0.15, 0.2) is 17.1 Å². The normalized spacial score (nSPS) is 12.3. The maximum atomic E-state index is 12.0. The van der Waals surface area contributed by atoms with Crippen molar-refractivity contribution in [1.82, 2.24) is 4.57 Å². The van der Waals surface area contributed by atoms with E-state index < -0.39 is 0 Å². The second-order valence-corrected chi connectivity index (χ2v) is 6.73. The van der Waals surface area contributed by atoms with Gasteiger partial charge in [-0.15, -0.1) is 0 Å². The van der Waals surface area contributed by atoms with Gasteiger partial charge in [0.15, 0.2) is 4.80 Å². The molecule has 4 nitrogen and oxygen atoms in total. The first-order chi connectivity index (χ1) is 10.6. The highest BCUT2D eigenvalue weighted by Gasteiger charge is 2.12. The number of amides is 1. The second-order valence-electron chi connectivity index (χ2n) is 4.87. The van der Waals surface area contributed by atoms with Crippen LogP contribution in [-0.2, 0) is 16.1 Å². The van der Waals surface area contributed by atoms with Crippen molar-refractivity contribution in [2.75, 3.05) is 13.7 Å². The molecule has 22 heavy (non-hydrogen) atoms. The van der Waals surface area contributed by atoms with Gasteiger partial charge in [0.2, 0.25) is 5.91 Å². The van der Waals surface area contributed by atoms with Crippen LogP contribution in [0.5, 0.6) is 0 Å². The molecule has 7 heteroatoms. The number of unbranched alkanes of at least 4 members (excludes halogenated alkanes) is 1. The largest absolute Gasteiger partial charge is 0.383 e. The molecule has 0 saturated carbocycles. The van der Waals surface area contributed by atoms with Gasteiger partial charge in [0, 0.05) is 25.1 Å². The molecule has 0 fully saturated rings. The summed E-state index contributed by atoms with van der Waals surface area (Å²) in [5, 5.41) is 1.12. The SMILES string of the molecule is CCCCC(=O)N=c1sc2cc(Cl)cc(Cl)c2n1CCOC. The molecule has 0 aliphatic heterocycles. The van der Waals surface area contributed by atoms with E-state index in [9.17, 15) is 4.79 Å². The summed E-state index contributed by atoms with van der Waals surface area (Å²) in [5.41, 5.74) is 0.843. The molecular weight excluding hydrogens is 343 g/mol. The molecule has 0 saturated heterocycles. The summed E-state index contributed by atoms with van der Waals surface area (Å²) in [7, 11) is 1.64. The van der Waals surface area contributed by atoms with E-state index in [0.29, 0.717) is 34.4 Å². The van der Waals surface area contributed by atoms with Gasteiger partial charge in [-0.05, 0) is 18.6 Å². The molecule has 0 N–H and O–H groups in total. The average Bonchev–Trinajstić information content (AvgIpc) is 2.80. The van der Waals surface area contributed by atoms with Crippen molar-refractivity contribution in [3.05, 3.63) is 27.0 Å². The van der Waals surface area contributed by atoms with Crippen LogP contribution >= 0.6 is 34.5 Å². The molecule has 0 atom stereocenters. The molecule has 0 spiro atoms. The predicted molar refractivity (Wildman–Crippen MR) is 91.8 cm³/mol. The number of methoxy groups -OCH3 is 1. The molecule has 0 bridgehead atoms. The first-order valence-electron chi connectivity index (χ1n) is 7.11. The van der Waals surface area contributed by atoms with E-state index in [1.807, 2.05) is 17.6 Å². The van der Waals surface area contributed by atoms with E-state index in [4.69, 9.17) is 27.9 Å². The number of ether oxygens (including phenoxy) is 1. The van der Waals surface area contributed by atoms with Crippen molar-refractivity contribution in [1.29, 1.82) is 0 Å². The van der Waals surface area contributed by atoms with Crippen molar-refractivity contribution in [2.24, 2.45) is 4.99 Å². The Kier molecular flexibility index (Phi) is 6.44. The van der Waals surface area contributed by atoms with E-state index in [1.165, 1.54) is 11.3 Å². The van der Waals surface area contributed by atoms with E-state index in [2.05, 4.69) is 4.99 Å². The Morgan fingerprint density at radius 1 is 1.41 bits per heavy atom. The van der Waals surface area contributed by atoms with Crippen LogP contribution in [0.25, 0.3) is 10.2 Å². The lowest BCUT2D eigenvalue weighted by Crippen LogP contribution is -2.19. The summed E-state index contributed by atoms with van der Waals surface area (Å²) in [6, 6.07) is 3.54. The van der Waals surface area contributed by atoms with Crippen molar-refractivity contribution in [3.8, 4) is 0 Å². The summed E-state index contributed by atoms with van der Waals surface area (Å²) in [5.74, 6) is -0.109. The zero-order chi connectivity index (χ0) is 16.1. The maximum absolute atomic E-state index is 12.0. The summed E-state index contributed by atoms with van der Waals surface area (Å²) >= 11 is 13.8. The van der Waals surface area contributed by atoms with Crippen LogP contribution in [0.1, 0.15) is 26.2 Å². The standard InChI is InChI=1S/C15H18Cl2N2O2S/c1-3-4-5-13(20)18-15-19(6-7-21-2)14-11(17)8-10(16)9-12(14)22-15/h8-9H,3-7H2,1-2H3. The summed E-state index contributed by atoms with van der Waals surface area (Å²) in [4.78, 5) is 16.8. The van der Waals surface area contributed by atoms with E-state index in [1.54, 1.807) is 13.2 Å². The van der Waals surface area contributed by atoms with Crippen molar-refractivity contribution in [3.63, 3.8) is 0 Å². The number of carbonyl (C=O) groups is 1. The smallest absolute Gasteiger partial charge is 0.248 e. The molecule has 120 valence electrons.